The van der Waals surface area contributed by atoms with Gasteiger partial charge >= 0.3 is 0 Å². The molecule has 1 aliphatic heterocycles. The molecule has 1 unspecified atom stereocenters. The SMILES string of the molecule is C[C@@H](NC(=O)C1CNc2ccccc2C1)c1cccs1. The first-order valence-corrected chi connectivity index (χ1v) is 7.77. The van der Waals surface area contributed by atoms with Crippen LogP contribution in [0.5, 0.6) is 0 Å². The highest BCUT2D eigenvalue weighted by atomic mass is 32.1. The molecule has 0 bridgehead atoms. The van der Waals surface area contributed by atoms with Crippen LogP contribution in [-0.2, 0) is 11.2 Å². The van der Waals surface area contributed by atoms with Gasteiger partial charge in [-0.25, -0.2) is 0 Å². The number of hydrogen-bond donors (Lipinski definition) is 2. The van der Waals surface area contributed by atoms with Gasteiger partial charge in [0.05, 0.1) is 12.0 Å². The number of fused-ring (bicyclic) bond motifs is 1. The number of amides is 1. The van der Waals surface area contributed by atoms with Crippen molar-refractivity contribution in [2.24, 2.45) is 5.92 Å². The molecule has 1 aromatic heterocycles. The highest BCUT2D eigenvalue weighted by molar-refractivity contribution is 7.10. The zero-order valence-corrected chi connectivity index (χ0v) is 12.2. The molecule has 0 radical (unpaired) electrons. The van der Waals surface area contributed by atoms with Crippen LogP contribution in [0.3, 0.4) is 0 Å². The van der Waals surface area contributed by atoms with E-state index in [1.54, 1.807) is 11.3 Å². The molecule has 0 saturated carbocycles. The molecule has 0 saturated heterocycles. The lowest BCUT2D eigenvalue weighted by Crippen LogP contribution is -2.39. The standard InChI is InChI=1S/C16H18N2OS/c1-11(15-7-4-8-20-15)18-16(19)13-9-12-5-2-3-6-14(12)17-10-13/h2-8,11,13,17H,9-10H2,1H3,(H,18,19)/t11-,13?/m1/s1. The molecule has 3 rings (SSSR count). The van der Waals surface area contributed by atoms with E-state index in [-0.39, 0.29) is 17.9 Å². The lowest BCUT2D eigenvalue weighted by atomic mass is 9.93. The van der Waals surface area contributed by atoms with Gasteiger partial charge in [0, 0.05) is 17.1 Å². The summed E-state index contributed by atoms with van der Waals surface area (Å²) < 4.78 is 0. The first-order chi connectivity index (χ1) is 9.74. The smallest absolute Gasteiger partial charge is 0.225 e. The van der Waals surface area contributed by atoms with Crippen molar-refractivity contribution in [3.63, 3.8) is 0 Å². The molecule has 0 aliphatic carbocycles. The van der Waals surface area contributed by atoms with E-state index in [9.17, 15) is 4.79 Å². The van der Waals surface area contributed by atoms with Crippen molar-refractivity contribution in [2.45, 2.75) is 19.4 Å². The zero-order chi connectivity index (χ0) is 13.9. The molecule has 4 heteroatoms. The second-order valence-corrected chi connectivity index (χ2v) is 6.16. The van der Waals surface area contributed by atoms with Crippen LogP contribution < -0.4 is 10.6 Å². The van der Waals surface area contributed by atoms with E-state index in [2.05, 4.69) is 28.8 Å². The fourth-order valence-electron chi connectivity index (χ4n) is 2.57. The normalized spacial score (nSPS) is 18.8. The van der Waals surface area contributed by atoms with E-state index in [1.807, 2.05) is 30.5 Å². The average Bonchev–Trinajstić information content (AvgIpc) is 3.01. The quantitative estimate of drug-likeness (QED) is 0.909. The van der Waals surface area contributed by atoms with Gasteiger partial charge in [0.15, 0.2) is 0 Å². The summed E-state index contributed by atoms with van der Waals surface area (Å²) in [7, 11) is 0. The van der Waals surface area contributed by atoms with Crippen LogP contribution in [0, 0.1) is 5.92 Å². The predicted molar refractivity (Wildman–Crippen MR) is 83.0 cm³/mol. The second kappa shape index (κ2) is 5.67. The van der Waals surface area contributed by atoms with E-state index >= 15 is 0 Å². The van der Waals surface area contributed by atoms with Crippen LogP contribution in [0.1, 0.15) is 23.4 Å². The van der Waals surface area contributed by atoms with E-state index in [0.717, 1.165) is 12.1 Å². The van der Waals surface area contributed by atoms with Gasteiger partial charge in [-0.15, -0.1) is 11.3 Å². The minimum absolute atomic E-state index is 0.00677. The van der Waals surface area contributed by atoms with Gasteiger partial charge in [-0.05, 0) is 36.4 Å². The number of carbonyl (C=O) groups excluding carboxylic acids is 1. The lowest BCUT2D eigenvalue weighted by Gasteiger charge is -2.26. The molecule has 1 amide bonds. The first-order valence-electron chi connectivity index (χ1n) is 6.89. The van der Waals surface area contributed by atoms with Gasteiger partial charge in [-0.2, -0.15) is 0 Å². The van der Waals surface area contributed by atoms with Crippen molar-refractivity contribution < 1.29 is 4.79 Å². The number of rotatable bonds is 3. The highest BCUT2D eigenvalue weighted by Gasteiger charge is 2.25. The molecule has 2 N–H and O–H groups in total. The fourth-order valence-corrected chi connectivity index (χ4v) is 3.30. The van der Waals surface area contributed by atoms with E-state index in [1.165, 1.54) is 10.4 Å². The van der Waals surface area contributed by atoms with E-state index in [4.69, 9.17) is 0 Å². The largest absolute Gasteiger partial charge is 0.384 e. The predicted octanol–water partition coefficient (Wildman–Crippen LogP) is 3.21. The van der Waals surface area contributed by atoms with Gasteiger partial charge in [0.1, 0.15) is 0 Å². The van der Waals surface area contributed by atoms with Crippen LogP contribution in [0.4, 0.5) is 5.69 Å². The molecule has 20 heavy (non-hydrogen) atoms. The first kappa shape index (κ1) is 13.2. The van der Waals surface area contributed by atoms with Crippen LogP contribution in [0.2, 0.25) is 0 Å². The third-order valence-corrected chi connectivity index (χ3v) is 4.78. The van der Waals surface area contributed by atoms with Crippen LogP contribution in [-0.4, -0.2) is 12.5 Å². The van der Waals surface area contributed by atoms with E-state index in [0.29, 0.717) is 6.54 Å². The summed E-state index contributed by atoms with van der Waals surface area (Å²) in [6.07, 6.45) is 0.812. The summed E-state index contributed by atoms with van der Waals surface area (Å²) in [5.74, 6) is 0.139. The van der Waals surface area contributed by atoms with Crippen LogP contribution >= 0.6 is 11.3 Å². The van der Waals surface area contributed by atoms with Crippen molar-refractivity contribution >= 4 is 22.9 Å². The fraction of sp³-hybridized carbons (Fsp3) is 0.312. The zero-order valence-electron chi connectivity index (χ0n) is 11.4. The van der Waals surface area contributed by atoms with Crippen molar-refractivity contribution in [3.05, 3.63) is 52.2 Å². The highest BCUT2D eigenvalue weighted by Crippen LogP contribution is 2.25. The number of nitrogens with one attached hydrogen (secondary N) is 2. The summed E-state index contributed by atoms with van der Waals surface area (Å²) in [6, 6.07) is 12.4. The molecule has 1 aliphatic rings. The van der Waals surface area contributed by atoms with Gasteiger partial charge < -0.3 is 10.6 Å². The Balaban J connectivity index is 1.64. The summed E-state index contributed by atoms with van der Waals surface area (Å²) in [5.41, 5.74) is 2.38. The summed E-state index contributed by atoms with van der Waals surface area (Å²) >= 11 is 1.68. The summed E-state index contributed by atoms with van der Waals surface area (Å²) in [6.45, 7) is 2.74. The Bertz CT molecular complexity index is 594. The number of thiophene rings is 1. The number of carbonyl (C=O) groups is 1. The van der Waals surface area contributed by atoms with Gasteiger partial charge in [0.25, 0.3) is 0 Å². The molecule has 3 nitrogen and oxygen atoms in total. The van der Waals surface area contributed by atoms with Crippen LogP contribution in [0.25, 0.3) is 0 Å². The van der Waals surface area contributed by atoms with Crippen LogP contribution in [0.15, 0.2) is 41.8 Å². The minimum Gasteiger partial charge on any atom is -0.384 e. The van der Waals surface area contributed by atoms with E-state index < -0.39 is 0 Å². The Kier molecular flexibility index (Phi) is 3.74. The van der Waals surface area contributed by atoms with Gasteiger partial charge in [0.2, 0.25) is 5.91 Å². The van der Waals surface area contributed by atoms with Crippen molar-refractivity contribution in [1.82, 2.24) is 5.32 Å². The molecule has 2 atom stereocenters. The number of benzene rings is 1. The lowest BCUT2D eigenvalue weighted by molar-refractivity contribution is -0.125. The third kappa shape index (κ3) is 2.70. The monoisotopic (exact) mass is 286 g/mol. The summed E-state index contributed by atoms with van der Waals surface area (Å²) in [5, 5.41) is 8.50. The average molecular weight is 286 g/mol. The Morgan fingerprint density at radius 1 is 1.35 bits per heavy atom. The Morgan fingerprint density at radius 3 is 3.00 bits per heavy atom. The van der Waals surface area contributed by atoms with Gasteiger partial charge in [-0.1, -0.05) is 24.3 Å². The number of para-hydroxylation sites is 1. The topological polar surface area (TPSA) is 41.1 Å². The maximum atomic E-state index is 12.4. The third-order valence-electron chi connectivity index (χ3n) is 3.72. The summed E-state index contributed by atoms with van der Waals surface area (Å²) in [4.78, 5) is 13.6. The Labute approximate surface area is 123 Å². The van der Waals surface area contributed by atoms with Crippen molar-refractivity contribution in [2.75, 3.05) is 11.9 Å². The van der Waals surface area contributed by atoms with Crippen molar-refractivity contribution in [1.29, 1.82) is 0 Å². The van der Waals surface area contributed by atoms with Gasteiger partial charge in [-0.3, -0.25) is 4.79 Å². The molecular formula is C16H18N2OS. The maximum absolute atomic E-state index is 12.4. The molecule has 104 valence electrons. The van der Waals surface area contributed by atoms with Crippen molar-refractivity contribution in [3.8, 4) is 0 Å². The molecule has 0 fully saturated rings. The minimum atomic E-state index is 0.00677. The molecule has 2 aromatic rings. The molecule has 0 spiro atoms. The number of hydrogen-bond acceptors (Lipinski definition) is 3. The second-order valence-electron chi connectivity index (χ2n) is 5.18. The number of anilines is 1. The Morgan fingerprint density at radius 2 is 2.20 bits per heavy atom. The maximum Gasteiger partial charge on any atom is 0.225 e. The molecule has 2 heterocycles. The molecular weight excluding hydrogens is 268 g/mol. The Hall–Kier alpha value is -1.81. The molecule has 1 aromatic carbocycles.